The van der Waals surface area contributed by atoms with Gasteiger partial charge in [0.05, 0.1) is 5.56 Å². The van der Waals surface area contributed by atoms with Gasteiger partial charge in [0.25, 0.3) is 0 Å². The van der Waals surface area contributed by atoms with E-state index in [0.29, 0.717) is 43.2 Å². The molecule has 0 unspecified atom stereocenters. The number of nitrogens with one attached hydrogen (secondary N) is 1. The minimum atomic E-state index is -4.37. The summed E-state index contributed by atoms with van der Waals surface area (Å²) >= 11 is 1.22. The van der Waals surface area contributed by atoms with Crippen molar-refractivity contribution in [1.82, 2.24) is 4.98 Å². The molecule has 0 spiro atoms. The number of carbonyl (C=O) groups is 1. The smallest absolute Gasteiger partial charge is 0.381 e. The molecule has 1 saturated heterocycles. The summed E-state index contributed by atoms with van der Waals surface area (Å²) in [4.78, 5) is 17.2. The number of nitrogens with two attached hydrogens (primary N) is 1. The molecule has 1 amide bonds. The summed E-state index contributed by atoms with van der Waals surface area (Å²) in [6.07, 6.45) is -1.66. The largest absolute Gasteiger partial charge is 0.416 e. The number of alkyl halides is 3. The van der Waals surface area contributed by atoms with Crippen molar-refractivity contribution in [2.75, 3.05) is 18.5 Å². The van der Waals surface area contributed by atoms with Gasteiger partial charge in [-0.3, -0.25) is 4.79 Å². The molecule has 26 heavy (non-hydrogen) atoms. The topological polar surface area (TPSA) is 77.2 Å². The fourth-order valence-corrected chi connectivity index (χ4v) is 3.53. The lowest BCUT2D eigenvalue weighted by Crippen LogP contribution is -2.54. The number of anilines is 1. The average molecular weight is 385 g/mol. The number of rotatable bonds is 4. The van der Waals surface area contributed by atoms with Crippen molar-refractivity contribution < 1.29 is 22.7 Å². The molecular formula is C17H18F3N3O2S. The van der Waals surface area contributed by atoms with Gasteiger partial charge in [-0.05, 0) is 24.5 Å². The quantitative estimate of drug-likeness (QED) is 0.847. The summed E-state index contributed by atoms with van der Waals surface area (Å²) < 4.78 is 43.6. The molecular weight excluding hydrogens is 367 g/mol. The molecule has 1 aliphatic rings. The van der Waals surface area contributed by atoms with Gasteiger partial charge in [0.1, 0.15) is 5.54 Å². The molecule has 0 saturated carbocycles. The van der Waals surface area contributed by atoms with E-state index in [0.717, 1.165) is 17.0 Å². The molecule has 1 fully saturated rings. The Balaban J connectivity index is 1.66. The number of hydrogen-bond acceptors (Lipinski definition) is 5. The zero-order valence-corrected chi connectivity index (χ0v) is 14.6. The molecule has 5 nitrogen and oxygen atoms in total. The lowest BCUT2D eigenvalue weighted by Gasteiger charge is -2.31. The molecule has 140 valence electrons. The van der Waals surface area contributed by atoms with E-state index in [9.17, 15) is 18.0 Å². The Hall–Kier alpha value is -1.97. The fraction of sp³-hybridized carbons (Fsp3) is 0.412. The summed E-state index contributed by atoms with van der Waals surface area (Å²) in [5.41, 5.74) is 4.98. The van der Waals surface area contributed by atoms with Gasteiger partial charge in [0.15, 0.2) is 5.13 Å². The Morgan fingerprint density at radius 3 is 2.77 bits per heavy atom. The monoisotopic (exact) mass is 385 g/mol. The SMILES string of the molecule is NC1(C(=O)Nc2ncc(Cc3cccc(C(F)(F)F)c3)s2)CCOCC1. The van der Waals surface area contributed by atoms with Crippen LogP contribution in [-0.2, 0) is 22.1 Å². The van der Waals surface area contributed by atoms with Gasteiger partial charge in [0.2, 0.25) is 5.91 Å². The Morgan fingerprint density at radius 1 is 1.35 bits per heavy atom. The number of amides is 1. The van der Waals surface area contributed by atoms with E-state index in [4.69, 9.17) is 10.5 Å². The van der Waals surface area contributed by atoms with Crippen LogP contribution >= 0.6 is 11.3 Å². The van der Waals surface area contributed by atoms with Gasteiger partial charge in [-0.25, -0.2) is 4.98 Å². The van der Waals surface area contributed by atoms with Crippen LogP contribution in [-0.4, -0.2) is 29.6 Å². The number of carbonyl (C=O) groups excluding carboxylic acids is 1. The number of ether oxygens (including phenoxy) is 1. The molecule has 2 aromatic rings. The highest BCUT2D eigenvalue weighted by molar-refractivity contribution is 7.15. The summed E-state index contributed by atoms with van der Waals surface area (Å²) in [5, 5.41) is 3.08. The van der Waals surface area contributed by atoms with E-state index in [-0.39, 0.29) is 5.91 Å². The molecule has 2 heterocycles. The van der Waals surface area contributed by atoms with Crippen molar-refractivity contribution in [3.63, 3.8) is 0 Å². The predicted octanol–water partition coefficient (Wildman–Crippen LogP) is 3.20. The molecule has 1 aliphatic heterocycles. The highest BCUT2D eigenvalue weighted by Gasteiger charge is 2.36. The van der Waals surface area contributed by atoms with Crippen molar-refractivity contribution in [3.05, 3.63) is 46.5 Å². The van der Waals surface area contributed by atoms with Gasteiger partial charge in [-0.1, -0.05) is 18.2 Å². The van der Waals surface area contributed by atoms with Crippen LogP contribution in [0.4, 0.5) is 18.3 Å². The molecule has 1 aromatic heterocycles. The van der Waals surface area contributed by atoms with Crippen molar-refractivity contribution in [3.8, 4) is 0 Å². The minimum absolute atomic E-state index is 0.305. The molecule has 0 aliphatic carbocycles. The second-order valence-corrected chi connectivity index (χ2v) is 7.34. The fourth-order valence-electron chi connectivity index (χ4n) is 2.69. The third-order valence-electron chi connectivity index (χ3n) is 4.24. The average Bonchev–Trinajstić information content (AvgIpc) is 3.02. The summed E-state index contributed by atoms with van der Waals surface area (Å²) in [6.45, 7) is 0.866. The molecule has 9 heteroatoms. The van der Waals surface area contributed by atoms with Crippen LogP contribution in [0, 0.1) is 0 Å². The van der Waals surface area contributed by atoms with Gasteiger partial charge in [-0.15, -0.1) is 11.3 Å². The van der Waals surface area contributed by atoms with E-state index in [1.165, 1.54) is 17.4 Å². The molecule has 0 atom stereocenters. The molecule has 3 N–H and O–H groups in total. The number of aromatic nitrogens is 1. The number of nitrogens with zero attached hydrogens (tertiary/aromatic N) is 1. The predicted molar refractivity (Wildman–Crippen MR) is 92.0 cm³/mol. The minimum Gasteiger partial charge on any atom is -0.381 e. The van der Waals surface area contributed by atoms with Crippen LogP contribution in [0.15, 0.2) is 30.5 Å². The van der Waals surface area contributed by atoms with Crippen LogP contribution in [0.3, 0.4) is 0 Å². The highest BCUT2D eigenvalue weighted by Crippen LogP contribution is 2.31. The second kappa shape index (κ2) is 7.34. The van der Waals surface area contributed by atoms with E-state index in [1.54, 1.807) is 12.3 Å². The first-order chi connectivity index (χ1) is 12.3. The van der Waals surface area contributed by atoms with E-state index >= 15 is 0 Å². The van der Waals surface area contributed by atoms with Gasteiger partial charge >= 0.3 is 6.18 Å². The normalized spacial score (nSPS) is 17.1. The molecule has 3 rings (SSSR count). The Kier molecular flexibility index (Phi) is 5.31. The van der Waals surface area contributed by atoms with Crippen LogP contribution in [0.2, 0.25) is 0 Å². The lowest BCUT2D eigenvalue weighted by molar-refractivity contribution is -0.137. The molecule has 0 bridgehead atoms. The van der Waals surface area contributed by atoms with Crippen molar-refractivity contribution in [1.29, 1.82) is 0 Å². The number of thiazole rings is 1. The standard InChI is InChI=1S/C17H18F3N3O2S/c18-17(19,20)12-3-1-2-11(8-12)9-13-10-22-15(26-13)23-14(24)16(21)4-6-25-7-5-16/h1-3,8,10H,4-7,9,21H2,(H,22,23,24). The zero-order valence-electron chi connectivity index (χ0n) is 13.8. The van der Waals surface area contributed by atoms with Crippen LogP contribution in [0.1, 0.15) is 28.8 Å². The Labute approximate surface area is 152 Å². The maximum Gasteiger partial charge on any atom is 0.416 e. The number of hydrogen-bond donors (Lipinski definition) is 2. The number of halogens is 3. The summed E-state index contributed by atoms with van der Waals surface area (Å²) in [5.74, 6) is -0.319. The van der Waals surface area contributed by atoms with Gasteiger partial charge in [0, 0.05) is 30.7 Å². The zero-order chi connectivity index (χ0) is 18.8. The summed E-state index contributed by atoms with van der Waals surface area (Å²) in [6, 6.07) is 5.17. The van der Waals surface area contributed by atoms with Crippen molar-refractivity contribution >= 4 is 22.4 Å². The maximum atomic E-state index is 12.8. The van der Waals surface area contributed by atoms with Crippen LogP contribution in [0.5, 0.6) is 0 Å². The Morgan fingerprint density at radius 2 is 2.08 bits per heavy atom. The Bertz CT molecular complexity index is 786. The van der Waals surface area contributed by atoms with E-state index in [1.807, 2.05) is 0 Å². The first-order valence-electron chi connectivity index (χ1n) is 8.05. The molecule has 0 radical (unpaired) electrons. The summed E-state index contributed by atoms with van der Waals surface area (Å²) in [7, 11) is 0. The third-order valence-corrected chi connectivity index (χ3v) is 5.16. The second-order valence-electron chi connectivity index (χ2n) is 6.23. The number of benzene rings is 1. The molecule has 1 aromatic carbocycles. The first kappa shape index (κ1) is 18.8. The lowest BCUT2D eigenvalue weighted by atomic mass is 9.90. The first-order valence-corrected chi connectivity index (χ1v) is 8.87. The van der Waals surface area contributed by atoms with Crippen LogP contribution in [0.25, 0.3) is 0 Å². The van der Waals surface area contributed by atoms with Crippen LogP contribution < -0.4 is 11.1 Å². The van der Waals surface area contributed by atoms with E-state index in [2.05, 4.69) is 10.3 Å². The van der Waals surface area contributed by atoms with Gasteiger partial charge in [-0.2, -0.15) is 13.2 Å². The maximum absolute atomic E-state index is 12.8. The van der Waals surface area contributed by atoms with Crippen molar-refractivity contribution in [2.45, 2.75) is 31.0 Å². The third kappa shape index (κ3) is 4.40. The van der Waals surface area contributed by atoms with Gasteiger partial charge < -0.3 is 15.8 Å². The van der Waals surface area contributed by atoms with Crippen molar-refractivity contribution in [2.24, 2.45) is 5.73 Å². The van der Waals surface area contributed by atoms with E-state index < -0.39 is 17.3 Å². The highest BCUT2D eigenvalue weighted by atomic mass is 32.1.